The van der Waals surface area contributed by atoms with Crippen LogP contribution in [0.15, 0.2) is 108 Å². The average Bonchev–Trinajstić information content (AvgIpc) is 3.62. The molecule has 0 fully saturated rings. The Morgan fingerprint density at radius 3 is 2.16 bits per heavy atom. The zero-order chi connectivity index (χ0) is 34.3. The van der Waals surface area contributed by atoms with Gasteiger partial charge in [0.1, 0.15) is 5.58 Å². The molecule has 8 rings (SSSR count). The first-order chi connectivity index (χ1) is 23.6. The van der Waals surface area contributed by atoms with E-state index < -0.39 is 0 Å². The van der Waals surface area contributed by atoms with E-state index in [1.807, 2.05) is 59.9 Å². The van der Waals surface area contributed by atoms with E-state index in [-0.39, 0.29) is 25.5 Å². The molecule has 5 heteroatoms. The molecule has 0 unspecified atom stereocenters. The number of fused-ring (bicyclic) bond motifs is 5. The monoisotopic (exact) mass is 849 g/mol. The summed E-state index contributed by atoms with van der Waals surface area (Å²) in [6.45, 7) is 15.6. The summed E-state index contributed by atoms with van der Waals surface area (Å²) in [7, 11) is 0. The molecule has 0 amide bonds. The smallest absolute Gasteiger partial charge is 0.138 e. The van der Waals surface area contributed by atoms with Crippen molar-refractivity contribution in [1.29, 1.82) is 0 Å². The topological polar surface area (TPSA) is 38.9 Å². The Morgan fingerprint density at radius 2 is 1.46 bits per heavy atom. The van der Waals surface area contributed by atoms with Crippen molar-refractivity contribution in [2.45, 2.75) is 54.9 Å². The van der Waals surface area contributed by atoms with Gasteiger partial charge in [-0.15, -0.1) is 65.4 Å². The molecule has 0 saturated heterocycles. The quantitative estimate of drug-likeness (QED) is 0.166. The Balaban J connectivity index is 0.000000281. The average molecular weight is 849 g/mol. The van der Waals surface area contributed by atoms with Gasteiger partial charge in [0.15, 0.2) is 0 Å². The summed E-state index contributed by atoms with van der Waals surface area (Å²) in [5.74, 6) is 0. The summed E-state index contributed by atoms with van der Waals surface area (Å²) in [5.41, 5.74) is 13.5. The third-order valence-corrected chi connectivity index (χ3v) is 10.3. The molecule has 50 heavy (non-hydrogen) atoms. The van der Waals surface area contributed by atoms with Crippen molar-refractivity contribution < 1.29 is 24.5 Å². The van der Waals surface area contributed by atoms with E-state index in [0.29, 0.717) is 0 Å². The fourth-order valence-corrected chi connectivity index (χ4v) is 7.82. The van der Waals surface area contributed by atoms with Crippen molar-refractivity contribution in [3.05, 3.63) is 143 Å². The van der Waals surface area contributed by atoms with Crippen molar-refractivity contribution in [3.8, 4) is 33.6 Å². The molecule has 253 valence electrons. The van der Waals surface area contributed by atoms with Crippen LogP contribution in [0.5, 0.6) is 0 Å². The molecule has 0 aliphatic rings. The number of furan rings is 1. The van der Waals surface area contributed by atoms with Crippen LogP contribution >= 0.6 is 11.3 Å². The van der Waals surface area contributed by atoms with Crippen LogP contribution in [0.25, 0.3) is 65.7 Å². The molecule has 0 aliphatic heterocycles. The summed E-state index contributed by atoms with van der Waals surface area (Å²) in [6, 6.07) is 37.6. The van der Waals surface area contributed by atoms with Crippen molar-refractivity contribution in [2.75, 3.05) is 0 Å². The van der Waals surface area contributed by atoms with E-state index in [1.165, 1.54) is 48.3 Å². The molecule has 0 spiro atoms. The van der Waals surface area contributed by atoms with E-state index in [1.54, 1.807) is 6.20 Å². The summed E-state index contributed by atoms with van der Waals surface area (Å²) >= 11 is 1.82. The fraction of sp³-hybridized carbons (Fsp3) is 0.200. The van der Waals surface area contributed by atoms with Gasteiger partial charge < -0.3 is 14.4 Å². The Morgan fingerprint density at radius 1 is 0.720 bits per heavy atom. The van der Waals surface area contributed by atoms with E-state index in [0.717, 1.165) is 50.9 Å². The Kier molecular flexibility index (Phi) is 10.2. The maximum Gasteiger partial charge on any atom is 0.138 e. The van der Waals surface area contributed by atoms with E-state index >= 15 is 0 Å². The second kappa shape index (κ2) is 14.4. The number of hydrogen-bond acceptors (Lipinski definition) is 4. The maximum atomic E-state index is 6.65. The first-order valence-corrected chi connectivity index (χ1v) is 17.6. The van der Waals surface area contributed by atoms with Gasteiger partial charge in [-0.1, -0.05) is 80.3 Å². The fourth-order valence-electron chi connectivity index (χ4n) is 6.68. The molecule has 3 nitrogen and oxygen atoms in total. The van der Waals surface area contributed by atoms with Gasteiger partial charge in [0.2, 0.25) is 0 Å². The second-order valence-corrected chi connectivity index (χ2v) is 15.2. The molecule has 8 aromatic rings. The minimum Gasteiger partial charge on any atom is -0.499 e. The minimum atomic E-state index is 0. The van der Waals surface area contributed by atoms with Crippen LogP contribution in [-0.4, -0.2) is 9.97 Å². The summed E-state index contributed by atoms with van der Waals surface area (Å²) in [4.78, 5) is 10.6. The third kappa shape index (κ3) is 6.96. The molecule has 4 aromatic carbocycles. The van der Waals surface area contributed by atoms with Crippen molar-refractivity contribution in [3.63, 3.8) is 0 Å². The number of rotatable bonds is 4. The molecular formula is C45H40IrN2OS-2. The van der Waals surface area contributed by atoms with Gasteiger partial charge in [0.05, 0.1) is 10.3 Å². The molecule has 0 saturated carbocycles. The van der Waals surface area contributed by atoms with Crippen molar-refractivity contribution >= 4 is 43.4 Å². The third-order valence-electron chi connectivity index (χ3n) is 9.11. The molecule has 4 heterocycles. The standard InChI is InChI=1S/C34H32NOS.C11H8N.Ir/c1-19-10-8-11-20(2)30(19)28-18-35-29(16-23(28)17-34(5,6)7)27-13-9-12-25-26-15-14-24-21(3)22(4)37-33(24)32(26)36-31(25)27;1-2-6-10(7-3-1)11-8-4-5-9-12-11;/h8-12,14-16,18H,17H2,1-7H3;1-6,8-9H;/q2*-1;. The minimum absolute atomic E-state index is 0. The first-order valence-electron chi connectivity index (χ1n) is 16.8. The van der Waals surface area contributed by atoms with Crippen LogP contribution in [0.2, 0.25) is 0 Å². The van der Waals surface area contributed by atoms with Crippen LogP contribution in [0.3, 0.4) is 0 Å². The van der Waals surface area contributed by atoms with Crippen LogP contribution in [0.1, 0.15) is 47.9 Å². The molecule has 0 aliphatic carbocycles. The largest absolute Gasteiger partial charge is 0.499 e. The second-order valence-electron chi connectivity index (χ2n) is 14.0. The van der Waals surface area contributed by atoms with Crippen LogP contribution in [0.4, 0.5) is 0 Å². The number of nitrogens with zero attached hydrogens (tertiary/aromatic N) is 2. The van der Waals surface area contributed by atoms with Gasteiger partial charge in [-0.05, 0) is 90.2 Å². The number of hydrogen-bond donors (Lipinski definition) is 0. The zero-order valence-electron chi connectivity index (χ0n) is 29.6. The zero-order valence-corrected chi connectivity index (χ0v) is 32.8. The number of pyridine rings is 2. The number of thiophene rings is 1. The number of aromatic nitrogens is 2. The molecule has 0 bridgehead atoms. The summed E-state index contributed by atoms with van der Waals surface area (Å²) < 4.78 is 7.88. The van der Waals surface area contributed by atoms with Gasteiger partial charge in [-0.3, -0.25) is 0 Å². The molecule has 0 atom stereocenters. The van der Waals surface area contributed by atoms with Gasteiger partial charge >= 0.3 is 0 Å². The van der Waals surface area contributed by atoms with Crippen LogP contribution < -0.4 is 0 Å². The van der Waals surface area contributed by atoms with E-state index in [2.05, 4.69) is 114 Å². The Labute approximate surface area is 312 Å². The van der Waals surface area contributed by atoms with Gasteiger partial charge in [-0.2, -0.15) is 0 Å². The molecule has 4 aromatic heterocycles. The predicted octanol–water partition coefficient (Wildman–Crippen LogP) is 12.7. The van der Waals surface area contributed by atoms with E-state index in [9.17, 15) is 0 Å². The van der Waals surface area contributed by atoms with Gasteiger partial charge in [-0.25, -0.2) is 0 Å². The normalized spacial score (nSPS) is 11.4. The Bertz CT molecular complexity index is 2380. The maximum absolute atomic E-state index is 6.65. The summed E-state index contributed by atoms with van der Waals surface area (Å²) in [5, 5.41) is 3.55. The number of aryl methyl sites for hydroxylation is 4. The Hall–Kier alpha value is -4.41. The number of benzene rings is 4. The van der Waals surface area contributed by atoms with Crippen molar-refractivity contribution in [2.24, 2.45) is 5.41 Å². The van der Waals surface area contributed by atoms with E-state index in [4.69, 9.17) is 9.40 Å². The van der Waals surface area contributed by atoms with Gasteiger partial charge in [0.25, 0.3) is 0 Å². The molecule has 1 radical (unpaired) electrons. The van der Waals surface area contributed by atoms with Crippen molar-refractivity contribution in [1.82, 2.24) is 9.97 Å². The van der Waals surface area contributed by atoms with Crippen LogP contribution in [-0.2, 0) is 26.5 Å². The predicted molar refractivity (Wildman–Crippen MR) is 207 cm³/mol. The SMILES string of the molecule is Cc1cccc(C)c1-c1cnc(-c2[c-]ccc3c2oc2c3ccc3c(C)c(C)sc32)cc1CC(C)(C)C.[Ir].[c-]1ccccc1-c1ccccn1. The van der Waals surface area contributed by atoms with Crippen LogP contribution in [0, 0.1) is 45.2 Å². The van der Waals surface area contributed by atoms with Gasteiger partial charge in [0, 0.05) is 48.3 Å². The molecule has 0 N–H and O–H groups in total. The first kappa shape index (κ1) is 35.4. The summed E-state index contributed by atoms with van der Waals surface area (Å²) in [6.07, 6.45) is 4.80. The molecular weight excluding hydrogens is 809 g/mol.